The van der Waals surface area contributed by atoms with Gasteiger partial charge in [-0.25, -0.2) is 4.98 Å². The summed E-state index contributed by atoms with van der Waals surface area (Å²) < 4.78 is 1.48. The Balaban J connectivity index is 1.57. The summed E-state index contributed by atoms with van der Waals surface area (Å²) in [6.45, 7) is 2.33. The van der Waals surface area contributed by atoms with Gasteiger partial charge >= 0.3 is 0 Å². The van der Waals surface area contributed by atoms with Crippen molar-refractivity contribution in [3.05, 3.63) is 27.1 Å². The van der Waals surface area contributed by atoms with Crippen molar-refractivity contribution in [2.45, 2.75) is 70.9 Å². The Morgan fingerprint density at radius 1 is 1.32 bits per heavy atom. The van der Waals surface area contributed by atoms with Crippen molar-refractivity contribution in [3.8, 4) is 0 Å². The van der Waals surface area contributed by atoms with Crippen molar-refractivity contribution in [2.75, 3.05) is 0 Å². The van der Waals surface area contributed by atoms with Crippen LogP contribution in [0.25, 0.3) is 10.2 Å². The van der Waals surface area contributed by atoms with Crippen molar-refractivity contribution in [1.29, 1.82) is 0 Å². The Bertz CT molecular complexity index is 848. The lowest BCUT2D eigenvalue weighted by molar-refractivity contribution is -0.122. The van der Waals surface area contributed by atoms with Gasteiger partial charge in [-0.2, -0.15) is 0 Å². The summed E-state index contributed by atoms with van der Waals surface area (Å²) in [7, 11) is 0. The lowest BCUT2D eigenvalue weighted by atomic mass is 9.89. The van der Waals surface area contributed by atoms with Crippen LogP contribution in [0.3, 0.4) is 0 Å². The van der Waals surface area contributed by atoms with Crippen LogP contribution in [0, 0.1) is 5.92 Å². The molecule has 0 spiro atoms. The number of rotatable bonds is 3. The van der Waals surface area contributed by atoms with Crippen LogP contribution in [0.4, 0.5) is 0 Å². The second-order valence-corrected chi connectivity index (χ2v) is 8.70. The average molecular weight is 359 g/mol. The zero-order valence-electron chi connectivity index (χ0n) is 14.7. The molecule has 2 aromatic rings. The van der Waals surface area contributed by atoms with Crippen LogP contribution < -0.4 is 10.9 Å². The summed E-state index contributed by atoms with van der Waals surface area (Å²) in [4.78, 5) is 31.9. The molecule has 0 radical (unpaired) electrons. The van der Waals surface area contributed by atoms with Crippen molar-refractivity contribution < 1.29 is 4.79 Å². The molecule has 2 aliphatic carbocycles. The van der Waals surface area contributed by atoms with E-state index in [1.54, 1.807) is 11.3 Å². The zero-order chi connectivity index (χ0) is 17.4. The van der Waals surface area contributed by atoms with Crippen molar-refractivity contribution in [3.63, 3.8) is 0 Å². The molecular formula is C19H25N3O2S. The zero-order valence-corrected chi connectivity index (χ0v) is 15.5. The van der Waals surface area contributed by atoms with Gasteiger partial charge in [-0.1, -0.05) is 26.2 Å². The number of hydrogen-bond donors (Lipinski definition) is 1. The first-order chi connectivity index (χ1) is 12.1. The summed E-state index contributed by atoms with van der Waals surface area (Å²) >= 11 is 1.65. The van der Waals surface area contributed by atoms with E-state index in [-0.39, 0.29) is 24.1 Å². The smallest absolute Gasteiger partial charge is 0.262 e. The highest BCUT2D eigenvalue weighted by Crippen LogP contribution is 2.35. The van der Waals surface area contributed by atoms with Gasteiger partial charge in [0.15, 0.2) is 0 Å². The van der Waals surface area contributed by atoms with Crippen LogP contribution in [0.5, 0.6) is 0 Å². The molecule has 1 fully saturated rings. The molecular weight excluding hydrogens is 334 g/mol. The molecule has 2 aliphatic rings. The summed E-state index contributed by atoms with van der Waals surface area (Å²) in [6.07, 6.45) is 10.4. The van der Waals surface area contributed by atoms with Gasteiger partial charge in [-0.05, 0) is 43.6 Å². The second kappa shape index (κ2) is 6.90. The number of hydrogen-bond acceptors (Lipinski definition) is 4. The van der Waals surface area contributed by atoms with E-state index in [1.165, 1.54) is 40.6 Å². The fraction of sp³-hybridized carbons (Fsp3) is 0.632. The van der Waals surface area contributed by atoms with Gasteiger partial charge < -0.3 is 5.32 Å². The van der Waals surface area contributed by atoms with Gasteiger partial charge in [0, 0.05) is 10.9 Å². The Morgan fingerprint density at radius 2 is 2.12 bits per heavy atom. The van der Waals surface area contributed by atoms with Crippen LogP contribution in [-0.4, -0.2) is 21.5 Å². The number of aromatic nitrogens is 2. The fourth-order valence-electron chi connectivity index (χ4n) is 4.15. The van der Waals surface area contributed by atoms with Gasteiger partial charge in [0.05, 0.1) is 11.7 Å². The molecule has 1 atom stereocenters. The topological polar surface area (TPSA) is 64.0 Å². The Hall–Kier alpha value is -1.69. The molecule has 134 valence electrons. The molecule has 2 heterocycles. The Kier molecular flexibility index (Phi) is 4.63. The van der Waals surface area contributed by atoms with E-state index in [1.807, 2.05) is 0 Å². The van der Waals surface area contributed by atoms with E-state index < -0.39 is 0 Å². The quantitative estimate of drug-likeness (QED) is 0.916. The number of thiophene rings is 1. The number of nitrogens with zero attached hydrogens (tertiary/aromatic N) is 2. The van der Waals surface area contributed by atoms with Crippen LogP contribution in [-0.2, 0) is 24.2 Å². The van der Waals surface area contributed by atoms with Gasteiger partial charge in [0.2, 0.25) is 5.91 Å². The third kappa shape index (κ3) is 3.36. The first kappa shape index (κ1) is 16.8. The third-order valence-corrected chi connectivity index (χ3v) is 6.73. The highest BCUT2D eigenvalue weighted by molar-refractivity contribution is 7.18. The van der Waals surface area contributed by atoms with Crippen LogP contribution in [0.2, 0.25) is 0 Å². The Labute approximate surface area is 151 Å². The molecule has 0 bridgehead atoms. The SMILES string of the molecule is C[C@H]1CCc2c(sc3ncn(CC(=O)NC4CCCCC4)c(=O)c23)C1. The van der Waals surface area contributed by atoms with E-state index in [2.05, 4.69) is 17.2 Å². The van der Waals surface area contributed by atoms with Crippen molar-refractivity contribution in [1.82, 2.24) is 14.9 Å². The van der Waals surface area contributed by atoms with Gasteiger partial charge in [-0.3, -0.25) is 14.2 Å². The van der Waals surface area contributed by atoms with E-state index in [9.17, 15) is 9.59 Å². The lowest BCUT2D eigenvalue weighted by Crippen LogP contribution is -2.39. The van der Waals surface area contributed by atoms with E-state index in [0.29, 0.717) is 5.92 Å². The minimum Gasteiger partial charge on any atom is -0.352 e. The van der Waals surface area contributed by atoms with E-state index >= 15 is 0 Å². The third-order valence-electron chi connectivity index (χ3n) is 5.57. The van der Waals surface area contributed by atoms with Crippen LogP contribution in [0.1, 0.15) is 55.9 Å². The standard InChI is InChI=1S/C19H25N3O2S/c1-12-7-8-14-15(9-12)25-18-17(14)19(24)22(11-20-18)10-16(23)21-13-5-3-2-4-6-13/h11-13H,2-10H2,1H3,(H,21,23)/t12-/m0/s1. The number of fused-ring (bicyclic) bond motifs is 3. The predicted molar refractivity (Wildman–Crippen MR) is 100 cm³/mol. The Morgan fingerprint density at radius 3 is 2.92 bits per heavy atom. The van der Waals surface area contributed by atoms with Gasteiger partial charge in [0.25, 0.3) is 5.56 Å². The maximum atomic E-state index is 12.9. The molecule has 0 unspecified atom stereocenters. The van der Waals surface area contributed by atoms with Crippen molar-refractivity contribution in [2.24, 2.45) is 5.92 Å². The minimum atomic E-state index is -0.0760. The number of carbonyl (C=O) groups excluding carboxylic acids is 1. The van der Waals surface area contributed by atoms with Crippen LogP contribution >= 0.6 is 11.3 Å². The summed E-state index contributed by atoms with van der Waals surface area (Å²) in [5.74, 6) is 0.594. The van der Waals surface area contributed by atoms with Crippen LogP contribution in [0.15, 0.2) is 11.1 Å². The maximum absolute atomic E-state index is 12.9. The molecule has 0 aromatic carbocycles. The van der Waals surface area contributed by atoms with Gasteiger partial charge in [0.1, 0.15) is 11.4 Å². The molecule has 25 heavy (non-hydrogen) atoms. The van der Waals surface area contributed by atoms with E-state index in [0.717, 1.165) is 42.3 Å². The number of aryl methyl sites for hydroxylation is 1. The number of carbonyl (C=O) groups is 1. The normalized spacial score (nSPS) is 21.2. The van der Waals surface area contributed by atoms with Gasteiger partial charge in [-0.15, -0.1) is 11.3 Å². The van der Waals surface area contributed by atoms with Crippen molar-refractivity contribution >= 4 is 27.5 Å². The molecule has 1 saturated carbocycles. The summed E-state index contributed by atoms with van der Waals surface area (Å²) in [6, 6.07) is 0.268. The predicted octanol–water partition coefficient (Wildman–Crippen LogP) is 3.03. The molecule has 2 aromatic heterocycles. The van der Waals surface area contributed by atoms with E-state index in [4.69, 9.17) is 0 Å². The molecule has 5 nitrogen and oxygen atoms in total. The minimum absolute atomic E-state index is 0.0594. The highest BCUT2D eigenvalue weighted by atomic mass is 32.1. The largest absolute Gasteiger partial charge is 0.352 e. The molecule has 1 N–H and O–H groups in total. The first-order valence-corrected chi connectivity index (χ1v) is 10.2. The molecule has 1 amide bonds. The fourth-order valence-corrected chi connectivity index (χ4v) is 5.49. The summed E-state index contributed by atoms with van der Waals surface area (Å²) in [5, 5.41) is 3.83. The number of nitrogens with one attached hydrogen (secondary N) is 1. The average Bonchev–Trinajstić information content (AvgIpc) is 2.96. The molecule has 0 aliphatic heterocycles. The summed E-state index contributed by atoms with van der Waals surface area (Å²) in [5.41, 5.74) is 1.12. The monoisotopic (exact) mass is 359 g/mol. The molecule has 6 heteroatoms. The molecule has 0 saturated heterocycles. The highest BCUT2D eigenvalue weighted by Gasteiger charge is 2.23. The number of amides is 1. The maximum Gasteiger partial charge on any atom is 0.262 e. The first-order valence-electron chi connectivity index (χ1n) is 9.41. The lowest BCUT2D eigenvalue weighted by Gasteiger charge is -2.22. The second-order valence-electron chi connectivity index (χ2n) is 7.61. The molecule has 4 rings (SSSR count).